The van der Waals surface area contributed by atoms with Crippen molar-refractivity contribution >= 4 is 11.9 Å². The molecule has 4 heteroatoms. The molecule has 0 spiro atoms. The molecule has 1 saturated carbocycles. The molecule has 2 atom stereocenters. The van der Waals surface area contributed by atoms with Gasteiger partial charge >= 0.3 is 5.97 Å². The van der Waals surface area contributed by atoms with Gasteiger partial charge in [0.25, 0.3) is 0 Å². The van der Waals surface area contributed by atoms with Gasteiger partial charge in [-0.25, -0.2) is 4.79 Å². The van der Waals surface area contributed by atoms with Crippen LogP contribution in [0.2, 0.25) is 0 Å². The molecule has 0 bridgehead atoms. The highest BCUT2D eigenvalue weighted by Crippen LogP contribution is 2.34. The molecular weight excluding hydrogens is 314 g/mol. The maximum Gasteiger partial charge on any atom is 0.335 e. The Morgan fingerprint density at radius 2 is 1.72 bits per heavy atom. The van der Waals surface area contributed by atoms with Crippen LogP contribution in [0.3, 0.4) is 0 Å². The van der Waals surface area contributed by atoms with Crippen molar-refractivity contribution in [2.24, 2.45) is 0 Å². The number of carboxylic acids is 1. The van der Waals surface area contributed by atoms with Gasteiger partial charge in [0.05, 0.1) is 5.56 Å². The average molecular weight is 337 g/mol. The smallest absolute Gasteiger partial charge is 0.335 e. The number of aromatic carboxylic acids is 1. The Morgan fingerprint density at radius 3 is 2.48 bits per heavy atom. The van der Waals surface area contributed by atoms with E-state index in [1.807, 2.05) is 24.3 Å². The molecular formula is C21H23NO3. The molecule has 1 aliphatic carbocycles. The summed E-state index contributed by atoms with van der Waals surface area (Å²) < 4.78 is 0. The summed E-state index contributed by atoms with van der Waals surface area (Å²) in [6, 6.07) is 17.4. The number of carboxylic acid groups (broad SMARTS) is 1. The summed E-state index contributed by atoms with van der Waals surface area (Å²) in [4.78, 5) is 23.6. The van der Waals surface area contributed by atoms with Crippen LogP contribution in [0.5, 0.6) is 0 Å². The van der Waals surface area contributed by atoms with Crippen molar-refractivity contribution in [2.45, 2.75) is 44.1 Å². The third-order valence-corrected chi connectivity index (χ3v) is 4.96. The second-order valence-corrected chi connectivity index (χ2v) is 6.58. The Labute approximate surface area is 147 Å². The Hall–Kier alpha value is -2.62. The van der Waals surface area contributed by atoms with Crippen molar-refractivity contribution in [1.82, 2.24) is 5.32 Å². The van der Waals surface area contributed by atoms with Gasteiger partial charge in [-0.05, 0) is 36.5 Å². The lowest BCUT2D eigenvalue weighted by Gasteiger charge is -2.21. The van der Waals surface area contributed by atoms with Crippen LogP contribution in [0.1, 0.15) is 53.1 Å². The van der Waals surface area contributed by atoms with E-state index in [2.05, 4.69) is 17.4 Å². The monoisotopic (exact) mass is 337 g/mol. The standard InChI is InChI=1S/C21H23NO3/c23-20(14-13-16-9-4-5-10-18(16)21(24)25)22-19-12-6-11-17(19)15-7-2-1-3-8-15/h1-5,7-10,17,19H,6,11-14H2,(H,22,23)(H,24,25)/t17-,19+/m0/s1. The zero-order chi connectivity index (χ0) is 17.6. The molecule has 1 aliphatic rings. The van der Waals surface area contributed by atoms with E-state index in [-0.39, 0.29) is 17.5 Å². The first-order chi connectivity index (χ1) is 12.1. The highest BCUT2D eigenvalue weighted by atomic mass is 16.4. The van der Waals surface area contributed by atoms with Crippen LogP contribution in [-0.2, 0) is 11.2 Å². The van der Waals surface area contributed by atoms with Crippen LogP contribution in [0, 0.1) is 0 Å². The fraction of sp³-hybridized carbons (Fsp3) is 0.333. The number of hydrogen-bond acceptors (Lipinski definition) is 2. The minimum Gasteiger partial charge on any atom is -0.478 e. The Kier molecular flexibility index (Phi) is 5.49. The van der Waals surface area contributed by atoms with Crippen molar-refractivity contribution in [3.05, 3.63) is 71.3 Å². The Morgan fingerprint density at radius 1 is 1.00 bits per heavy atom. The van der Waals surface area contributed by atoms with Gasteiger partial charge in [0, 0.05) is 18.4 Å². The van der Waals surface area contributed by atoms with Crippen molar-refractivity contribution in [1.29, 1.82) is 0 Å². The summed E-state index contributed by atoms with van der Waals surface area (Å²) >= 11 is 0. The zero-order valence-corrected chi connectivity index (χ0v) is 14.2. The second kappa shape index (κ2) is 7.97. The summed E-state index contributed by atoms with van der Waals surface area (Å²) in [5, 5.41) is 12.4. The van der Waals surface area contributed by atoms with Gasteiger partial charge < -0.3 is 10.4 Å². The molecule has 1 amide bonds. The molecule has 0 aliphatic heterocycles. The van der Waals surface area contributed by atoms with Crippen LogP contribution in [0.4, 0.5) is 0 Å². The first-order valence-corrected chi connectivity index (χ1v) is 8.80. The SMILES string of the molecule is O=C(CCc1ccccc1C(=O)O)N[C@@H]1CCC[C@H]1c1ccccc1. The molecule has 25 heavy (non-hydrogen) atoms. The minimum atomic E-state index is -0.948. The molecule has 2 aromatic rings. The van der Waals surface area contributed by atoms with Crippen LogP contribution in [-0.4, -0.2) is 23.0 Å². The molecule has 0 aromatic heterocycles. The predicted molar refractivity (Wildman–Crippen MR) is 96.7 cm³/mol. The zero-order valence-electron chi connectivity index (χ0n) is 14.2. The lowest BCUT2D eigenvalue weighted by atomic mass is 9.94. The molecule has 0 unspecified atom stereocenters. The highest BCUT2D eigenvalue weighted by Gasteiger charge is 2.29. The molecule has 4 nitrogen and oxygen atoms in total. The third-order valence-electron chi connectivity index (χ3n) is 4.96. The quantitative estimate of drug-likeness (QED) is 0.843. The molecule has 1 fully saturated rings. The normalized spacial score (nSPS) is 19.5. The predicted octanol–water partition coefficient (Wildman–Crippen LogP) is 3.77. The van der Waals surface area contributed by atoms with Crippen molar-refractivity contribution in [2.75, 3.05) is 0 Å². The van der Waals surface area contributed by atoms with Gasteiger partial charge in [0.1, 0.15) is 0 Å². The molecule has 0 heterocycles. The topological polar surface area (TPSA) is 66.4 Å². The summed E-state index contributed by atoms with van der Waals surface area (Å²) in [7, 11) is 0. The summed E-state index contributed by atoms with van der Waals surface area (Å²) in [6.45, 7) is 0. The second-order valence-electron chi connectivity index (χ2n) is 6.58. The molecule has 2 aromatic carbocycles. The minimum absolute atomic E-state index is 0.00646. The maximum atomic E-state index is 12.4. The van der Waals surface area contributed by atoms with Gasteiger partial charge in [0.15, 0.2) is 0 Å². The van der Waals surface area contributed by atoms with E-state index in [0.29, 0.717) is 24.3 Å². The van der Waals surface area contributed by atoms with E-state index in [9.17, 15) is 14.7 Å². The van der Waals surface area contributed by atoms with Gasteiger partial charge in [0.2, 0.25) is 5.91 Å². The van der Waals surface area contributed by atoms with E-state index >= 15 is 0 Å². The van der Waals surface area contributed by atoms with E-state index in [0.717, 1.165) is 19.3 Å². The summed E-state index contributed by atoms with van der Waals surface area (Å²) in [5.74, 6) is -0.583. The van der Waals surface area contributed by atoms with E-state index in [1.54, 1.807) is 18.2 Å². The number of amides is 1. The molecule has 0 saturated heterocycles. The van der Waals surface area contributed by atoms with Crippen LogP contribution >= 0.6 is 0 Å². The number of rotatable bonds is 6. The molecule has 3 rings (SSSR count). The number of benzene rings is 2. The van der Waals surface area contributed by atoms with Crippen molar-refractivity contribution in [3.8, 4) is 0 Å². The van der Waals surface area contributed by atoms with Crippen LogP contribution in [0.25, 0.3) is 0 Å². The van der Waals surface area contributed by atoms with E-state index in [1.165, 1.54) is 5.56 Å². The van der Waals surface area contributed by atoms with E-state index < -0.39 is 5.97 Å². The number of hydrogen-bond donors (Lipinski definition) is 2. The largest absolute Gasteiger partial charge is 0.478 e. The number of aryl methyl sites for hydroxylation is 1. The van der Waals surface area contributed by atoms with E-state index in [4.69, 9.17) is 0 Å². The van der Waals surface area contributed by atoms with Gasteiger partial charge in [-0.15, -0.1) is 0 Å². The van der Waals surface area contributed by atoms with Gasteiger partial charge in [-0.3, -0.25) is 4.79 Å². The Bertz CT molecular complexity index is 742. The fourth-order valence-electron chi connectivity index (χ4n) is 3.71. The lowest BCUT2D eigenvalue weighted by Crippen LogP contribution is -2.36. The van der Waals surface area contributed by atoms with Crippen molar-refractivity contribution < 1.29 is 14.7 Å². The molecule has 2 N–H and O–H groups in total. The molecule has 0 radical (unpaired) electrons. The maximum absolute atomic E-state index is 12.4. The number of carbonyl (C=O) groups is 2. The average Bonchev–Trinajstić information content (AvgIpc) is 3.09. The number of carbonyl (C=O) groups excluding carboxylic acids is 1. The summed E-state index contributed by atoms with van der Waals surface area (Å²) in [5.41, 5.74) is 2.26. The summed E-state index contributed by atoms with van der Waals surface area (Å²) in [6.07, 6.45) is 3.96. The van der Waals surface area contributed by atoms with Crippen LogP contribution in [0.15, 0.2) is 54.6 Å². The Balaban J connectivity index is 1.59. The van der Waals surface area contributed by atoms with Gasteiger partial charge in [-0.2, -0.15) is 0 Å². The number of nitrogens with one attached hydrogen (secondary N) is 1. The fourth-order valence-corrected chi connectivity index (χ4v) is 3.71. The lowest BCUT2D eigenvalue weighted by molar-refractivity contribution is -0.121. The molecule has 130 valence electrons. The first-order valence-electron chi connectivity index (χ1n) is 8.80. The first kappa shape index (κ1) is 17.2. The third kappa shape index (κ3) is 4.27. The van der Waals surface area contributed by atoms with Crippen LogP contribution < -0.4 is 5.32 Å². The van der Waals surface area contributed by atoms with Crippen molar-refractivity contribution in [3.63, 3.8) is 0 Å². The van der Waals surface area contributed by atoms with Gasteiger partial charge in [-0.1, -0.05) is 55.0 Å². The highest BCUT2D eigenvalue weighted by molar-refractivity contribution is 5.89.